The molecule has 0 bridgehead atoms. The summed E-state index contributed by atoms with van der Waals surface area (Å²) in [6, 6.07) is 0. The van der Waals surface area contributed by atoms with Gasteiger partial charge >= 0.3 is 5.97 Å². The lowest BCUT2D eigenvalue weighted by molar-refractivity contribution is 0.0687. The Balaban J connectivity index is 2.68. The molecule has 0 aliphatic rings. The number of nitrogens with zero attached hydrogens (tertiary/aromatic N) is 1. The van der Waals surface area contributed by atoms with E-state index in [-0.39, 0.29) is 34.6 Å². The Kier molecular flexibility index (Phi) is 4.97. The van der Waals surface area contributed by atoms with Crippen LogP contribution in [0.25, 0.3) is 0 Å². The second kappa shape index (κ2) is 6.08. The number of hydrogen-bond acceptors (Lipinski definition) is 7. The maximum absolute atomic E-state index is 11.2. The van der Waals surface area contributed by atoms with E-state index in [1.807, 2.05) is 0 Å². The molecule has 0 saturated heterocycles. The van der Waals surface area contributed by atoms with Gasteiger partial charge in [0.2, 0.25) is 10.0 Å². The largest absolute Gasteiger partial charge is 0.476 e. The summed E-state index contributed by atoms with van der Waals surface area (Å²) in [7, 11) is -3.26. The zero-order chi connectivity index (χ0) is 14.6. The Morgan fingerprint density at radius 1 is 1.37 bits per heavy atom. The number of hydrogen-bond donors (Lipinski definition) is 3. The number of carboxylic acids is 1. The maximum Gasteiger partial charge on any atom is 0.356 e. The molecule has 3 N–H and O–H groups in total. The Morgan fingerprint density at radius 2 is 2.00 bits per heavy atom. The van der Waals surface area contributed by atoms with Crippen LogP contribution in [-0.2, 0) is 10.0 Å². The summed E-state index contributed by atoms with van der Waals surface area (Å²) >= 11 is 0.924. The van der Waals surface area contributed by atoms with Crippen molar-refractivity contribution in [1.29, 1.82) is 0 Å². The molecular formula is C9H13N3O5S2. The topological polar surface area (TPSA) is 125 Å². The molecule has 0 aliphatic heterocycles. The monoisotopic (exact) mass is 307 g/mol. The molecule has 1 heterocycles. The van der Waals surface area contributed by atoms with Crippen LogP contribution in [0.3, 0.4) is 0 Å². The van der Waals surface area contributed by atoms with Gasteiger partial charge in [0, 0.05) is 20.0 Å². The fraction of sp³-hybridized carbons (Fsp3) is 0.444. The first-order chi connectivity index (χ1) is 8.70. The first-order valence-electron chi connectivity index (χ1n) is 5.14. The molecule has 1 aromatic heterocycles. The van der Waals surface area contributed by atoms with Gasteiger partial charge in [-0.15, -0.1) is 0 Å². The predicted molar refractivity (Wildman–Crippen MR) is 70.4 cm³/mol. The summed E-state index contributed by atoms with van der Waals surface area (Å²) in [6.45, 7) is 1.63. The number of Topliss-reactive ketones (excluding diaryl/α,β-unsaturated/α-hetero) is 1. The minimum atomic E-state index is -3.26. The van der Waals surface area contributed by atoms with Crippen LogP contribution in [0.15, 0.2) is 0 Å². The first-order valence-corrected chi connectivity index (χ1v) is 7.85. The lowest BCUT2D eigenvalue weighted by atomic mass is 10.3. The van der Waals surface area contributed by atoms with E-state index >= 15 is 0 Å². The third-order valence-electron chi connectivity index (χ3n) is 1.91. The molecule has 1 aromatic rings. The lowest BCUT2D eigenvalue weighted by Gasteiger charge is -2.02. The van der Waals surface area contributed by atoms with Gasteiger partial charge in [-0.1, -0.05) is 11.3 Å². The Morgan fingerprint density at radius 3 is 2.42 bits per heavy atom. The molecule has 0 unspecified atom stereocenters. The molecule has 19 heavy (non-hydrogen) atoms. The van der Waals surface area contributed by atoms with Gasteiger partial charge < -0.3 is 10.4 Å². The van der Waals surface area contributed by atoms with Crippen molar-refractivity contribution in [1.82, 2.24) is 9.71 Å². The highest BCUT2D eigenvalue weighted by Crippen LogP contribution is 2.23. The molecule has 0 spiro atoms. The number of carbonyl (C=O) groups is 2. The molecule has 106 valence electrons. The van der Waals surface area contributed by atoms with Gasteiger partial charge in [0.25, 0.3) is 0 Å². The third kappa shape index (κ3) is 4.93. The van der Waals surface area contributed by atoms with Crippen molar-refractivity contribution >= 4 is 38.2 Å². The number of carbonyl (C=O) groups excluding carboxylic acids is 1. The number of carboxylic acid groups (broad SMARTS) is 1. The average Bonchev–Trinajstić information content (AvgIpc) is 2.67. The summed E-state index contributed by atoms with van der Waals surface area (Å²) in [6.07, 6.45) is 1.03. The second-order valence-corrected chi connectivity index (χ2v) is 6.48. The van der Waals surface area contributed by atoms with Gasteiger partial charge in [-0.2, -0.15) is 0 Å². The molecule has 1 rings (SSSR count). The zero-order valence-corrected chi connectivity index (χ0v) is 11.9. The third-order valence-corrected chi connectivity index (χ3v) is 3.76. The number of nitrogens with one attached hydrogen (secondary N) is 2. The molecule has 0 atom stereocenters. The van der Waals surface area contributed by atoms with E-state index in [1.54, 1.807) is 0 Å². The number of aromatic nitrogens is 1. The summed E-state index contributed by atoms with van der Waals surface area (Å²) in [5.41, 5.74) is -0.295. The van der Waals surface area contributed by atoms with E-state index < -0.39 is 16.0 Å². The first kappa shape index (κ1) is 15.5. The highest BCUT2D eigenvalue weighted by Gasteiger charge is 2.20. The van der Waals surface area contributed by atoms with Crippen molar-refractivity contribution in [3.63, 3.8) is 0 Å². The Bertz CT molecular complexity index is 561. The summed E-state index contributed by atoms with van der Waals surface area (Å²) < 4.78 is 23.9. The minimum absolute atomic E-state index is 0.0612. The lowest BCUT2D eigenvalue weighted by Crippen LogP contribution is -2.27. The zero-order valence-electron chi connectivity index (χ0n) is 10.3. The number of thiazole rings is 1. The Labute approximate surface area is 113 Å². The standard InChI is InChI=1S/C9H13N3O5S2/c1-5(13)7-6(8(14)15)12-9(18-7)10-3-4-11-19(2,16)17/h11H,3-4H2,1-2H3,(H,10,12)(H,14,15). The van der Waals surface area contributed by atoms with Crippen molar-refractivity contribution in [2.45, 2.75) is 6.92 Å². The predicted octanol–water partition coefficient (Wildman–Crippen LogP) is 0.00500. The van der Waals surface area contributed by atoms with Gasteiger partial charge in [0.15, 0.2) is 16.6 Å². The van der Waals surface area contributed by atoms with Crippen LogP contribution in [-0.4, -0.2) is 49.6 Å². The average molecular weight is 307 g/mol. The van der Waals surface area contributed by atoms with Crippen LogP contribution < -0.4 is 10.0 Å². The SMILES string of the molecule is CC(=O)c1sc(NCCNS(C)(=O)=O)nc1C(=O)O. The quantitative estimate of drug-likeness (QED) is 0.478. The van der Waals surface area contributed by atoms with Gasteiger partial charge in [-0.05, 0) is 0 Å². The fourth-order valence-corrected chi connectivity index (χ4v) is 2.54. The van der Waals surface area contributed by atoms with E-state index in [0.29, 0.717) is 0 Å². The normalized spacial score (nSPS) is 11.3. The van der Waals surface area contributed by atoms with E-state index in [9.17, 15) is 18.0 Å². The number of anilines is 1. The van der Waals surface area contributed by atoms with Gasteiger partial charge in [0.1, 0.15) is 4.88 Å². The molecular weight excluding hydrogens is 294 g/mol. The fourth-order valence-electron chi connectivity index (χ4n) is 1.19. The maximum atomic E-state index is 11.2. The highest BCUT2D eigenvalue weighted by atomic mass is 32.2. The molecule has 10 heteroatoms. The van der Waals surface area contributed by atoms with E-state index in [1.165, 1.54) is 6.92 Å². The van der Waals surface area contributed by atoms with Crippen LogP contribution in [0, 0.1) is 0 Å². The number of aromatic carboxylic acids is 1. The molecule has 0 amide bonds. The summed E-state index contributed by atoms with van der Waals surface area (Å²) in [5, 5.41) is 11.9. The van der Waals surface area contributed by atoms with Gasteiger partial charge in [-0.3, -0.25) is 4.79 Å². The van der Waals surface area contributed by atoms with E-state index in [4.69, 9.17) is 5.11 Å². The Hall–Kier alpha value is -1.52. The van der Waals surface area contributed by atoms with Crippen molar-refractivity contribution in [2.24, 2.45) is 0 Å². The number of sulfonamides is 1. The van der Waals surface area contributed by atoms with Crippen LogP contribution >= 0.6 is 11.3 Å². The van der Waals surface area contributed by atoms with Crippen LogP contribution in [0.1, 0.15) is 27.1 Å². The van der Waals surface area contributed by atoms with Crippen LogP contribution in [0.2, 0.25) is 0 Å². The minimum Gasteiger partial charge on any atom is -0.476 e. The van der Waals surface area contributed by atoms with Gasteiger partial charge in [0.05, 0.1) is 6.26 Å². The van der Waals surface area contributed by atoms with Crippen LogP contribution in [0.5, 0.6) is 0 Å². The number of ketones is 1. The second-order valence-electron chi connectivity index (χ2n) is 3.65. The molecule has 8 nitrogen and oxygen atoms in total. The van der Waals surface area contributed by atoms with E-state index in [0.717, 1.165) is 17.6 Å². The van der Waals surface area contributed by atoms with Gasteiger partial charge in [-0.25, -0.2) is 22.9 Å². The van der Waals surface area contributed by atoms with Crippen molar-refractivity contribution in [2.75, 3.05) is 24.7 Å². The van der Waals surface area contributed by atoms with E-state index in [2.05, 4.69) is 15.0 Å². The summed E-state index contributed by atoms with van der Waals surface area (Å²) in [4.78, 5) is 25.9. The van der Waals surface area contributed by atoms with Crippen molar-refractivity contribution < 1.29 is 23.1 Å². The van der Waals surface area contributed by atoms with Crippen LogP contribution in [0.4, 0.5) is 5.13 Å². The highest BCUT2D eigenvalue weighted by molar-refractivity contribution is 7.88. The molecule has 0 saturated carbocycles. The summed E-state index contributed by atoms with van der Waals surface area (Å²) in [5.74, 6) is -1.65. The van der Waals surface area contributed by atoms with Crippen molar-refractivity contribution in [3.05, 3.63) is 10.6 Å². The molecule has 0 aromatic carbocycles. The van der Waals surface area contributed by atoms with Crippen molar-refractivity contribution in [3.8, 4) is 0 Å². The molecule has 0 fully saturated rings. The molecule has 0 radical (unpaired) electrons. The number of rotatable bonds is 7. The molecule has 0 aliphatic carbocycles. The smallest absolute Gasteiger partial charge is 0.356 e.